The van der Waals surface area contributed by atoms with E-state index in [1.807, 2.05) is 6.07 Å². The molecule has 1 aliphatic heterocycles. The third kappa shape index (κ3) is 5.44. The smallest absolute Gasteiger partial charge is 0.416 e. The summed E-state index contributed by atoms with van der Waals surface area (Å²) in [5.41, 5.74) is 1.59. The number of rotatable bonds is 8. The van der Waals surface area contributed by atoms with Crippen LogP contribution in [0.3, 0.4) is 0 Å². The number of anilines is 1. The van der Waals surface area contributed by atoms with Crippen LogP contribution in [0.15, 0.2) is 36.4 Å². The number of alkyl halides is 3. The van der Waals surface area contributed by atoms with Crippen molar-refractivity contribution < 1.29 is 32.5 Å². The van der Waals surface area contributed by atoms with E-state index in [-0.39, 0.29) is 0 Å². The van der Waals surface area contributed by atoms with E-state index < -0.39 is 17.8 Å². The largest absolute Gasteiger partial charge is 0.493 e. The van der Waals surface area contributed by atoms with Crippen LogP contribution < -0.4 is 24.4 Å². The quantitative estimate of drug-likeness (QED) is 0.466. The van der Waals surface area contributed by atoms with Crippen molar-refractivity contribution in [1.29, 1.82) is 0 Å². The molecule has 3 aromatic rings. The molecule has 10 heteroatoms. The molecular formula is C26H30F3N3O4. The Hall–Kier alpha value is -3.24. The first kappa shape index (κ1) is 25.8. The number of nitrogens with one attached hydrogen (secondary N) is 1. The molecule has 194 valence electrons. The Bertz CT molecular complexity index is 1200. The fraction of sp³-hybridized carbons (Fsp3) is 0.423. The highest BCUT2D eigenvalue weighted by molar-refractivity contribution is 5.92. The highest BCUT2D eigenvalue weighted by atomic mass is 19.4. The lowest BCUT2D eigenvalue weighted by Gasteiger charge is -2.32. The standard InChI is InChI=1S/C26H30F3N3O4/c1-34-22-12-21-20(23(35-2)24(22)36-3)11-17(25(31-21)32-10-4-5-19(33)15-32)14-30-13-16-6-8-18(9-7-16)26(27,28)29/h6-9,11-12,19,30,33H,4-5,10,13-15H2,1-3H3. The number of nitrogens with zero attached hydrogens (tertiary/aromatic N) is 2. The Morgan fingerprint density at radius 2 is 1.75 bits per heavy atom. The van der Waals surface area contributed by atoms with Gasteiger partial charge in [-0.25, -0.2) is 4.98 Å². The van der Waals surface area contributed by atoms with E-state index in [1.165, 1.54) is 19.2 Å². The lowest BCUT2D eigenvalue weighted by molar-refractivity contribution is -0.137. The van der Waals surface area contributed by atoms with Crippen LogP contribution in [-0.4, -0.2) is 50.6 Å². The fourth-order valence-electron chi connectivity index (χ4n) is 4.53. The van der Waals surface area contributed by atoms with Gasteiger partial charge in [0, 0.05) is 43.2 Å². The van der Waals surface area contributed by atoms with Crippen molar-refractivity contribution in [3.05, 3.63) is 53.1 Å². The van der Waals surface area contributed by atoms with Crippen LogP contribution in [0, 0.1) is 0 Å². The van der Waals surface area contributed by atoms with E-state index in [0.29, 0.717) is 42.4 Å². The molecule has 1 atom stereocenters. The van der Waals surface area contributed by atoms with Crippen LogP contribution in [0.4, 0.5) is 19.0 Å². The number of aliphatic hydroxyl groups excluding tert-OH is 1. The summed E-state index contributed by atoms with van der Waals surface area (Å²) in [4.78, 5) is 6.99. The Labute approximate surface area is 207 Å². The average Bonchev–Trinajstić information content (AvgIpc) is 2.86. The van der Waals surface area contributed by atoms with Crippen LogP contribution in [0.5, 0.6) is 17.2 Å². The third-order valence-corrected chi connectivity index (χ3v) is 6.30. The molecule has 0 aliphatic carbocycles. The number of β-amino-alcohol motifs (C(OH)–C–C–N with tert-alkyl or cyclic N) is 1. The number of ether oxygens (including phenoxy) is 3. The van der Waals surface area contributed by atoms with Crippen molar-refractivity contribution in [3.8, 4) is 17.2 Å². The number of pyridine rings is 1. The molecule has 0 saturated carbocycles. The van der Waals surface area contributed by atoms with E-state index in [9.17, 15) is 18.3 Å². The van der Waals surface area contributed by atoms with Gasteiger partial charge in [0.05, 0.1) is 38.5 Å². The minimum atomic E-state index is -4.36. The maximum Gasteiger partial charge on any atom is 0.416 e. The van der Waals surface area contributed by atoms with Crippen molar-refractivity contribution in [3.63, 3.8) is 0 Å². The lowest BCUT2D eigenvalue weighted by Crippen LogP contribution is -2.39. The molecular weight excluding hydrogens is 475 g/mol. The first-order chi connectivity index (χ1) is 17.2. The Kier molecular flexibility index (Phi) is 7.75. The molecule has 2 N–H and O–H groups in total. The maximum absolute atomic E-state index is 12.9. The van der Waals surface area contributed by atoms with Gasteiger partial charge in [-0.3, -0.25) is 0 Å². The van der Waals surface area contributed by atoms with Crippen LogP contribution in [0.1, 0.15) is 29.5 Å². The number of hydrogen-bond acceptors (Lipinski definition) is 7. The van der Waals surface area contributed by atoms with Crippen molar-refractivity contribution in [2.24, 2.45) is 0 Å². The molecule has 0 radical (unpaired) electrons. The number of aliphatic hydroxyl groups is 1. The second-order valence-corrected chi connectivity index (χ2v) is 8.72. The van der Waals surface area contributed by atoms with Crippen LogP contribution in [0.2, 0.25) is 0 Å². The molecule has 1 fully saturated rings. The van der Waals surface area contributed by atoms with Gasteiger partial charge < -0.3 is 29.5 Å². The molecule has 2 heterocycles. The summed E-state index contributed by atoms with van der Waals surface area (Å²) >= 11 is 0. The molecule has 4 rings (SSSR count). The summed E-state index contributed by atoms with van der Waals surface area (Å²) in [6.45, 7) is 2.01. The average molecular weight is 506 g/mol. The summed E-state index contributed by atoms with van der Waals surface area (Å²) in [6.07, 6.45) is -3.22. The van der Waals surface area contributed by atoms with Crippen LogP contribution in [-0.2, 0) is 19.3 Å². The van der Waals surface area contributed by atoms with Gasteiger partial charge in [-0.15, -0.1) is 0 Å². The van der Waals surface area contributed by atoms with Gasteiger partial charge in [-0.2, -0.15) is 13.2 Å². The van der Waals surface area contributed by atoms with Crippen molar-refractivity contribution in [2.45, 2.75) is 38.2 Å². The molecule has 2 aromatic carbocycles. The molecule has 0 bridgehead atoms. The number of piperidine rings is 1. The second-order valence-electron chi connectivity index (χ2n) is 8.72. The van der Waals surface area contributed by atoms with E-state index in [4.69, 9.17) is 19.2 Å². The summed E-state index contributed by atoms with van der Waals surface area (Å²) in [5.74, 6) is 2.18. The Balaban J connectivity index is 1.67. The monoisotopic (exact) mass is 505 g/mol. The topological polar surface area (TPSA) is 76.1 Å². The minimum Gasteiger partial charge on any atom is -0.493 e. The van der Waals surface area contributed by atoms with Gasteiger partial charge in [0.1, 0.15) is 5.82 Å². The summed E-state index contributed by atoms with van der Waals surface area (Å²) in [6, 6.07) is 8.87. The minimum absolute atomic E-state index is 0.376. The third-order valence-electron chi connectivity index (χ3n) is 6.30. The molecule has 1 unspecified atom stereocenters. The summed E-state index contributed by atoms with van der Waals surface area (Å²) < 4.78 is 55.2. The van der Waals surface area contributed by atoms with Gasteiger partial charge in [0.25, 0.3) is 0 Å². The first-order valence-corrected chi connectivity index (χ1v) is 11.7. The van der Waals surface area contributed by atoms with E-state index in [2.05, 4.69) is 10.2 Å². The van der Waals surface area contributed by atoms with Gasteiger partial charge >= 0.3 is 6.18 Å². The number of halogens is 3. The molecule has 1 saturated heterocycles. The zero-order valence-corrected chi connectivity index (χ0v) is 20.5. The van der Waals surface area contributed by atoms with E-state index in [0.717, 1.165) is 53.9 Å². The van der Waals surface area contributed by atoms with Gasteiger partial charge in [-0.1, -0.05) is 12.1 Å². The predicted octanol–water partition coefficient (Wildman–Crippen LogP) is 4.53. The number of benzene rings is 2. The normalized spacial score (nSPS) is 16.3. The Morgan fingerprint density at radius 3 is 2.36 bits per heavy atom. The van der Waals surface area contributed by atoms with Crippen LogP contribution in [0.25, 0.3) is 10.9 Å². The SMILES string of the molecule is COc1cc2nc(N3CCCC(O)C3)c(CNCc3ccc(C(F)(F)F)cc3)cc2c(OC)c1OC. The van der Waals surface area contributed by atoms with Crippen LogP contribution >= 0.6 is 0 Å². The van der Waals surface area contributed by atoms with E-state index in [1.54, 1.807) is 20.3 Å². The van der Waals surface area contributed by atoms with Crippen molar-refractivity contribution in [1.82, 2.24) is 10.3 Å². The van der Waals surface area contributed by atoms with Gasteiger partial charge in [-0.05, 0) is 36.6 Å². The second kappa shape index (κ2) is 10.8. The predicted molar refractivity (Wildman–Crippen MR) is 131 cm³/mol. The zero-order chi connectivity index (χ0) is 25.9. The number of fused-ring (bicyclic) bond motifs is 1. The van der Waals surface area contributed by atoms with Gasteiger partial charge in [0.15, 0.2) is 11.5 Å². The summed E-state index contributed by atoms with van der Waals surface area (Å²) in [7, 11) is 4.63. The summed E-state index contributed by atoms with van der Waals surface area (Å²) in [5, 5.41) is 14.3. The molecule has 36 heavy (non-hydrogen) atoms. The molecule has 7 nitrogen and oxygen atoms in total. The Morgan fingerprint density at radius 1 is 1.03 bits per heavy atom. The maximum atomic E-state index is 12.9. The van der Waals surface area contributed by atoms with Crippen molar-refractivity contribution >= 4 is 16.7 Å². The highest BCUT2D eigenvalue weighted by Gasteiger charge is 2.30. The molecule has 1 aliphatic rings. The lowest BCUT2D eigenvalue weighted by atomic mass is 10.1. The fourth-order valence-corrected chi connectivity index (χ4v) is 4.53. The first-order valence-electron chi connectivity index (χ1n) is 11.7. The highest BCUT2D eigenvalue weighted by Crippen LogP contribution is 2.44. The van der Waals surface area contributed by atoms with Crippen molar-refractivity contribution in [2.75, 3.05) is 39.3 Å². The number of aromatic nitrogens is 1. The number of methoxy groups -OCH3 is 3. The molecule has 1 aromatic heterocycles. The molecule has 0 amide bonds. The van der Waals surface area contributed by atoms with Gasteiger partial charge in [0.2, 0.25) is 5.75 Å². The number of hydrogen-bond donors (Lipinski definition) is 2. The van der Waals surface area contributed by atoms with E-state index >= 15 is 0 Å². The molecule has 0 spiro atoms. The zero-order valence-electron chi connectivity index (χ0n) is 20.5.